The molecule has 3 aromatic rings. The Labute approximate surface area is 139 Å². The van der Waals surface area contributed by atoms with E-state index in [2.05, 4.69) is 38.4 Å². The van der Waals surface area contributed by atoms with Crippen LogP contribution in [0.3, 0.4) is 0 Å². The quantitative estimate of drug-likeness (QED) is 0.769. The number of fused-ring (bicyclic) bond motifs is 1. The number of ether oxygens (including phenoxy) is 1. The van der Waals surface area contributed by atoms with Crippen molar-refractivity contribution in [2.24, 2.45) is 7.05 Å². The highest BCUT2D eigenvalue weighted by Gasteiger charge is 2.33. The molecule has 3 aromatic heterocycles. The summed E-state index contributed by atoms with van der Waals surface area (Å²) in [5, 5.41) is 7.86. The lowest BCUT2D eigenvalue weighted by molar-refractivity contribution is 0.0983. The number of nitrogens with one attached hydrogen (secondary N) is 1. The van der Waals surface area contributed by atoms with Gasteiger partial charge in [-0.05, 0) is 12.8 Å². The van der Waals surface area contributed by atoms with Gasteiger partial charge in [-0.25, -0.2) is 9.97 Å². The summed E-state index contributed by atoms with van der Waals surface area (Å²) in [5.74, 6) is 2.45. The molecule has 0 saturated carbocycles. The van der Waals surface area contributed by atoms with Crippen LogP contribution in [0, 0.1) is 0 Å². The van der Waals surface area contributed by atoms with Crippen molar-refractivity contribution in [3.8, 4) is 0 Å². The molecule has 1 fully saturated rings. The summed E-state index contributed by atoms with van der Waals surface area (Å²) in [6.45, 7) is 2.85. The van der Waals surface area contributed by atoms with Crippen LogP contribution in [-0.2, 0) is 18.2 Å². The molecule has 0 spiro atoms. The maximum absolute atomic E-state index is 5.93. The second-order valence-electron chi connectivity index (χ2n) is 6.08. The highest BCUT2D eigenvalue weighted by Crippen LogP contribution is 2.30. The van der Waals surface area contributed by atoms with Gasteiger partial charge in [0.15, 0.2) is 0 Å². The van der Waals surface area contributed by atoms with Crippen LogP contribution >= 0.6 is 0 Å². The van der Waals surface area contributed by atoms with Crippen molar-refractivity contribution in [1.29, 1.82) is 0 Å². The zero-order valence-electron chi connectivity index (χ0n) is 13.9. The maximum Gasteiger partial charge on any atom is 0.254 e. The summed E-state index contributed by atoms with van der Waals surface area (Å²) in [6.07, 6.45) is 8.07. The van der Waals surface area contributed by atoms with Crippen molar-refractivity contribution in [3.05, 3.63) is 36.3 Å². The van der Waals surface area contributed by atoms with Gasteiger partial charge in [0.05, 0.1) is 6.04 Å². The summed E-state index contributed by atoms with van der Waals surface area (Å²) < 4.78 is 9.68. The first-order valence-electron chi connectivity index (χ1n) is 8.31. The molecule has 2 atom stereocenters. The van der Waals surface area contributed by atoms with Crippen LogP contribution in [0.5, 0.6) is 0 Å². The molecule has 0 unspecified atom stereocenters. The molecule has 4 rings (SSSR count). The van der Waals surface area contributed by atoms with Gasteiger partial charge >= 0.3 is 0 Å². The Morgan fingerprint density at radius 2 is 2.29 bits per heavy atom. The molecule has 4 heterocycles. The number of hydrogen-bond donors (Lipinski definition) is 1. The van der Waals surface area contributed by atoms with E-state index in [9.17, 15) is 0 Å². The van der Waals surface area contributed by atoms with Gasteiger partial charge in [-0.1, -0.05) is 13.3 Å². The molecule has 8 heteroatoms. The number of imidazole rings is 1. The zero-order valence-corrected chi connectivity index (χ0v) is 13.9. The van der Waals surface area contributed by atoms with Crippen molar-refractivity contribution in [2.75, 3.05) is 11.9 Å². The molecular weight excluding hydrogens is 306 g/mol. The van der Waals surface area contributed by atoms with Gasteiger partial charge < -0.3 is 14.6 Å². The van der Waals surface area contributed by atoms with Crippen molar-refractivity contribution >= 4 is 11.6 Å². The van der Waals surface area contributed by atoms with Gasteiger partial charge in [0.25, 0.3) is 5.78 Å². The predicted molar refractivity (Wildman–Crippen MR) is 88.7 cm³/mol. The van der Waals surface area contributed by atoms with Gasteiger partial charge in [0, 0.05) is 37.8 Å². The number of anilines is 1. The van der Waals surface area contributed by atoms with E-state index in [1.54, 1.807) is 10.7 Å². The predicted octanol–water partition coefficient (Wildman–Crippen LogP) is 1.75. The Morgan fingerprint density at radius 1 is 1.38 bits per heavy atom. The first-order valence-corrected chi connectivity index (χ1v) is 8.31. The Bertz CT molecular complexity index is 840. The van der Waals surface area contributed by atoms with E-state index in [4.69, 9.17) is 4.74 Å². The third-order valence-electron chi connectivity index (χ3n) is 4.35. The molecule has 1 aliphatic heterocycles. The monoisotopic (exact) mass is 327 g/mol. The van der Waals surface area contributed by atoms with Crippen LogP contribution in [0.25, 0.3) is 5.78 Å². The van der Waals surface area contributed by atoms with Crippen molar-refractivity contribution < 1.29 is 4.74 Å². The molecule has 0 amide bonds. The molecule has 1 N–H and O–H groups in total. The van der Waals surface area contributed by atoms with Crippen LogP contribution in [0.2, 0.25) is 0 Å². The summed E-state index contributed by atoms with van der Waals surface area (Å²) >= 11 is 0. The van der Waals surface area contributed by atoms with Crippen molar-refractivity contribution in [2.45, 2.75) is 38.3 Å². The van der Waals surface area contributed by atoms with Crippen molar-refractivity contribution in [3.63, 3.8) is 0 Å². The minimum absolute atomic E-state index is 0.0774. The minimum Gasteiger partial charge on any atom is -0.368 e. The second kappa shape index (κ2) is 6.20. The Kier molecular flexibility index (Phi) is 3.89. The van der Waals surface area contributed by atoms with Gasteiger partial charge in [-0.3, -0.25) is 0 Å². The largest absolute Gasteiger partial charge is 0.368 e. The highest BCUT2D eigenvalue weighted by atomic mass is 16.5. The first-order chi connectivity index (χ1) is 11.8. The van der Waals surface area contributed by atoms with Gasteiger partial charge in [-0.2, -0.15) is 14.6 Å². The molecule has 126 valence electrons. The fourth-order valence-corrected chi connectivity index (χ4v) is 3.18. The summed E-state index contributed by atoms with van der Waals surface area (Å²) in [5.41, 5.74) is 1.02. The SMILES string of the molecule is CCCc1cc(N[C@H]2CCO[C@@H]2c2nccn2C)n2ncnc2n1. The lowest BCUT2D eigenvalue weighted by Crippen LogP contribution is -2.26. The van der Waals surface area contributed by atoms with E-state index in [1.807, 2.05) is 17.8 Å². The molecule has 0 aromatic carbocycles. The molecular formula is C16H21N7O. The average Bonchev–Trinajstić information content (AvgIpc) is 3.28. The fraction of sp³-hybridized carbons (Fsp3) is 0.500. The molecule has 1 saturated heterocycles. The normalized spacial score (nSPS) is 20.8. The number of rotatable bonds is 5. The number of hydrogen-bond acceptors (Lipinski definition) is 6. The number of aromatic nitrogens is 6. The van der Waals surface area contributed by atoms with Crippen molar-refractivity contribution in [1.82, 2.24) is 29.1 Å². The summed E-state index contributed by atoms with van der Waals surface area (Å²) in [6, 6.07) is 2.19. The van der Waals surface area contributed by atoms with Gasteiger partial charge in [-0.15, -0.1) is 0 Å². The molecule has 0 bridgehead atoms. The Hall–Kier alpha value is -2.48. The Balaban J connectivity index is 1.65. The van der Waals surface area contributed by atoms with Gasteiger partial charge in [0.1, 0.15) is 24.1 Å². The van der Waals surface area contributed by atoms with Gasteiger partial charge in [0.2, 0.25) is 0 Å². The van der Waals surface area contributed by atoms with E-state index < -0.39 is 0 Å². The topological polar surface area (TPSA) is 82.2 Å². The lowest BCUT2D eigenvalue weighted by Gasteiger charge is -2.21. The lowest BCUT2D eigenvalue weighted by atomic mass is 10.1. The smallest absolute Gasteiger partial charge is 0.254 e. The zero-order chi connectivity index (χ0) is 16.5. The summed E-state index contributed by atoms with van der Waals surface area (Å²) in [7, 11) is 1.99. The molecule has 1 aliphatic rings. The highest BCUT2D eigenvalue weighted by molar-refractivity contribution is 5.46. The standard InChI is InChI=1S/C16H21N7O/c1-3-4-11-9-13(23-16(20-11)18-10-19-23)21-12-5-8-24-14(12)15-17-6-7-22(15)2/h6-7,9-10,12,14,21H,3-5,8H2,1-2H3/t12-,14-/m0/s1. The third-order valence-corrected chi connectivity index (χ3v) is 4.35. The minimum atomic E-state index is -0.0774. The second-order valence-corrected chi connectivity index (χ2v) is 6.08. The molecule has 0 aliphatic carbocycles. The Morgan fingerprint density at radius 3 is 3.08 bits per heavy atom. The summed E-state index contributed by atoms with van der Waals surface area (Å²) in [4.78, 5) is 13.2. The average molecular weight is 327 g/mol. The van der Waals surface area contributed by atoms with Crippen LogP contribution in [0.4, 0.5) is 5.82 Å². The first kappa shape index (κ1) is 15.1. The molecule has 24 heavy (non-hydrogen) atoms. The van der Waals surface area contributed by atoms with E-state index in [0.29, 0.717) is 12.4 Å². The number of nitrogens with zero attached hydrogens (tertiary/aromatic N) is 6. The number of aryl methyl sites for hydroxylation is 2. The molecule has 8 nitrogen and oxygen atoms in total. The van der Waals surface area contributed by atoms with Crippen LogP contribution < -0.4 is 5.32 Å². The van der Waals surface area contributed by atoms with E-state index in [1.165, 1.54) is 6.33 Å². The van der Waals surface area contributed by atoms with Crippen LogP contribution in [0.1, 0.15) is 37.4 Å². The maximum atomic E-state index is 5.93. The van der Waals surface area contributed by atoms with E-state index in [-0.39, 0.29) is 12.1 Å². The van der Waals surface area contributed by atoms with Crippen LogP contribution in [-0.4, -0.2) is 41.8 Å². The van der Waals surface area contributed by atoms with E-state index >= 15 is 0 Å². The third kappa shape index (κ3) is 2.62. The molecule has 0 radical (unpaired) electrons. The van der Waals surface area contributed by atoms with E-state index in [0.717, 1.165) is 36.6 Å². The fourth-order valence-electron chi connectivity index (χ4n) is 3.18. The van der Waals surface area contributed by atoms with Crippen LogP contribution in [0.15, 0.2) is 24.8 Å².